The van der Waals surface area contributed by atoms with Crippen LogP contribution in [-0.4, -0.2) is 65.3 Å². The molecule has 3 heterocycles. The van der Waals surface area contributed by atoms with E-state index in [1.54, 1.807) is 36.5 Å². The van der Waals surface area contributed by atoms with Gasteiger partial charge in [-0.1, -0.05) is 33.7 Å². The number of ether oxygens (including phenoxy) is 1. The molecule has 182 valence electrons. The molecular formula is C26H25BrN2O5S. The van der Waals surface area contributed by atoms with E-state index in [-0.39, 0.29) is 22.6 Å². The fourth-order valence-corrected chi connectivity index (χ4v) is 10.2. The van der Waals surface area contributed by atoms with E-state index in [9.17, 15) is 18.6 Å². The summed E-state index contributed by atoms with van der Waals surface area (Å²) in [5.41, 5.74) is 0.980. The van der Waals surface area contributed by atoms with Gasteiger partial charge in [-0.25, -0.2) is 8.42 Å². The van der Waals surface area contributed by atoms with Gasteiger partial charge in [0.05, 0.1) is 11.0 Å². The van der Waals surface area contributed by atoms with Crippen LogP contribution in [0.5, 0.6) is 0 Å². The van der Waals surface area contributed by atoms with E-state index >= 15 is 0 Å². The van der Waals surface area contributed by atoms with Gasteiger partial charge in [-0.05, 0) is 62.7 Å². The van der Waals surface area contributed by atoms with Crippen molar-refractivity contribution in [3.63, 3.8) is 0 Å². The SMILES string of the molecule is CN1CC[C@]23C4=C5CC=C(O)C4(S(=O)(=O)c4ccc(Br)c6ccncc46)O[C@H]2[C@@H](O)C=C[C@H]3[C@H]1C5. The maximum Gasteiger partial charge on any atom is 0.253 e. The van der Waals surface area contributed by atoms with Gasteiger partial charge in [0.15, 0.2) is 0 Å². The highest BCUT2D eigenvalue weighted by Gasteiger charge is 2.75. The summed E-state index contributed by atoms with van der Waals surface area (Å²) in [4.78, 5) is 4.51. The molecule has 2 fully saturated rings. The lowest BCUT2D eigenvalue weighted by Gasteiger charge is -2.58. The summed E-state index contributed by atoms with van der Waals surface area (Å²) >= 11 is 3.51. The maximum absolute atomic E-state index is 14.8. The average molecular weight is 557 g/mol. The Hall–Kier alpha value is -2.04. The molecule has 2 aliphatic heterocycles. The highest BCUT2D eigenvalue weighted by Crippen LogP contribution is 2.69. The smallest absolute Gasteiger partial charge is 0.253 e. The number of allylic oxidation sites excluding steroid dienone is 1. The van der Waals surface area contributed by atoms with Crippen molar-refractivity contribution in [3.05, 3.63) is 70.2 Å². The normalized spacial score (nSPS) is 38.0. The van der Waals surface area contributed by atoms with Crippen LogP contribution < -0.4 is 0 Å². The summed E-state index contributed by atoms with van der Waals surface area (Å²) < 4.78 is 36.8. The van der Waals surface area contributed by atoms with Gasteiger partial charge in [0.25, 0.3) is 4.93 Å². The van der Waals surface area contributed by atoms with E-state index in [1.807, 2.05) is 6.08 Å². The molecule has 0 saturated carbocycles. The Morgan fingerprint density at radius 1 is 1.23 bits per heavy atom. The Morgan fingerprint density at radius 3 is 2.89 bits per heavy atom. The topological polar surface area (TPSA) is 100.0 Å². The first-order valence-electron chi connectivity index (χ1n) is 11.9. The minimum absolute atomic E-state index is 0.000274. The molecule has 7 rings (SSSR count). The zero-order valence-corrected chi connectivity index (χ0v) is 21.5. The number of likely N-dealkylation sites (tertiary alicyclic amines) is 1. The molecule has 3 aliphatic carbocycles. The summed E-state index contributed by atoms with van der Waals surface area (Å²) in [6, 6.07) is 5.21. The number of fused-ring (bicyclic) bond motifs is 1. The molecule has 6 atom stereocenters. The molecular weight excluding hydrogens is 532 g/mol. The lowest BCUT2D eigenvalue weighted by atomic mass is 9.52. The molecule has 1 aromatic heterocycles. The number of hydrogen-bond acceptors (Lipinski definition) is 7. The Labute approximate surface area is 211 Å². The summed E-state index contributed by atoms with van der Waals surface area (Å²) in [5, 5.41) is 23.7. The van der Waals surface area contributed by atoms with Crippen LogP contribution >= 0.6 is 15.9 Å². The highest BCUT2D eigenvalue weighted by atomic mass is 79.9. The van der Waals surface area contributed by atoms with Crippen LogP contribution in [-0.2, 0) is 14.6 Å². The molecule has 2 aromatic rings. The zero-order valence-electron chi connectivity index (χ0n) is 19.1. The van der Waals surface area contributed by atoms with Crippen LogP contribution in [0.4, 0.5) is 0 Å². The predicted molar refractivity (Wildman–Crippen MR) is 133 cm³/mol. The number of sulfone groups is 1. The van der Waals surface area contributed by atoms with E-state index in [1.165, 1.54) is 6.20 Å². The van der Waals surface area contributed by atoms with E-state index in [0.717, 1.165) is 16.6 Å². The zero-order chi connectivity index (χ0) is 24.3. The van der Waals surface area contributed by atoms with Crippen molar-refractivity contribution in [1.82, 2.24) is 9.88 Å². The molecule has 1 aromatic carbocycles. The fraction of sp³-hybridized carbons (Fsp3) is 0.423. The minimum atomic E-state index is -4.32. The van der Waals surface area contributed by atoms with Gasteiger partial charge in [0.1, 0.15) is 11.9 Å². The molecule has 0 amide bonds. The molecule has 5 aliphatic rings. The van der Waals surface area contributed by atoms with Gasteiger partial charge in [0, 0.05) is 45.0 Å². The first-order valence-corrected chi connectivity index (χ1v) is 14.1. The van der Waals surface area contributed by atoms with Crippen molar-refractivity contribution < 1.29 is 23.4 Å². The van der Waals surface area contributed by atoms with Gasteiger partial charge in [-0.2, -0.15) is 0 Å². The Morgan fingerprint density at radius 2 is 2.06 bits per heavy atom. The van der Waals surface area contributed by atoms with Crippen molar-refractivity contribution in [2.75, 3.05) is 13.6 Å². The van der Waals surface area contributed by atoms with Crippen LogP contribution in [0.15, 0.2) is 75.1 Å². The quantitative estimate of drug-likeness (QED) is 0.544. The third kappa shape index (κ3) is 2.46. The summed E-state index contributed by atoms with van der Waals surface area (Å²) in [6.07, 6.45) is 8.64. The van der Waals surface area contributed by atoms with Crippen molar-refractivity contribution >= 4 is 36.5 Å². The van der Waals surface area contributed by atoms with Crippen molar-refractivity contribution in [2.24, 2.45) is 11.3 Å². The first kappa shape index (κ1) is 22.2. The van der Waals surface area contributed by atoms with Crippen molar-refractivity contribution in [3.8, 4) is 0 Å². The van der Waals surface area contributed by atoms with E-state index in [2.05, 4.69) is 32.9 Å². The van der Waals surface area contributed by atoms with E-state index in [4.69, 9.17) is 4.74 Å². The molecule has 1 unspecified atom stereocenters. The Kier molecular flexibility index (Phi) is 4.46. The van der Waals surface area contributed by atoms with Gasteiger partial charge in [-0.3, -0.25) is 4.98 Å². The Bertz CT molecular complexity index is 1500. The molecule has 2 bridgehead atoms. The number of hydrogen-bond donors (Lipinski definition) is 2. The molecule has 9 heteroatoms. The second kappa shape index (κ2) is 7.04. The average Bonchev–Trinajstić information content (AvgIpc) is 3.18. The number of rotatable bonds is 2. The van der Waals surface area contributed by atoms with Gasteiger partial charge >= 0.3 is 0 Å². The number of aliphatic hydroxyl groups is 2. The summed E-state index contributed by atoms with van der Waals surface area (Å²) in [6.45, 7) is 0.768. The number of piperidine rings is 1. The van der Waals surface area contributed by atoms with Gasteiger partial charge in [0.2, 0.25) is 9.84 Å². The largest absolute Gasteiger partial charge is 0.508 e. The van der Waals surface area contributed by atoms with E-state index in [0.29, 0.717) is 35.6 Å². The number of halogens is 1. The lowest BCUT2D eigenvalue weighted by Crippen LogP contribution is -2.62. The second-order valence-corrected chi connectivity index (χ2v) is 13.2. The number of aromatic nitrogens is 1. The number of aliphatic hydroxyl groups excluding tert-OH is 2. The maximum atomic E-state index is 14.8. The van der Waals surface area contributed by atoms with Gasteiger partial charge in [-0.15, -0.1) is 0 Å². The molecule has 2 N–H and O–H groups in total. The number of nitrogens with zero attached hydrogens (tertiary/aromatic N) is 2. The second-order valence-electron chi connectivity index (χ2n) is 10.3. The standard InChI is InChI=1S/C26H25BrN2O5S/c1-29-11-9-25-17-3-5-20(30)24(25)34-26(22(31)7-2-14(23(25)26)12-19(17)29)35(32,33)21-6-4-18(27)15-8-10-28-13-16(15)21/h3-8,10,13,17,19-20,24,30-31H,2,9,11-12H2,1H3/t17-,19+,20-,24-,25-,26?/m0/s1. The van der Waals surface area contributed by atoms with Crippen LogP contribution in [0.2, 0.25) is 0 Å². The monoisotopic (exact) mass is 556 g/mol. The number of benzene rings is 1. The summed E-state index contributed by atoms with van der Waals surface area (Å²) in [7, 11) is -2.22. The van der Waals surface area contributed by atoms with Crippen LogP contribution in [0, 0.1) is 11.3 Å². The van der Waals surface area contributed by atoms with Crippen LogP contribution in [0.3, 0.4) is 0 Å². The Balaban J connectivity index is 1.55. The molecule has 7 nitrogen and oxygen atoms in total. The third-order valence-electron chi connectivity index (χ3n) is 8.96. The molecule has 35 heavy (non-hydrogen) atoms. The predicted octanol–water partition coefficient (Wildman–Crippen LogP) is 3.65. The third-order valence-corrected chi connectivity index (χ3v) is 11.8. The number of pyridine rings is 1. The minimum Gasteiger partial charge on any atom is -0.508 e. The van der Waals surface area contributed by atoms with Crippen molar-refractivity contribution in [1.29, 1.82) is 0 Å². The van der Waals surface area contributed by atoms with Crippen LogP contribution in [0.25, 0.3) is 10.8 Å². The summed E-state index contributed by atoms with van der Waals surface area (Å²) in [5.74, 6) is -0.303. The molecule has 0 radical (unpaired) electrons. The van der Waals surface area contributed by atoms with E-state index < -0.39 is 32.4 Å². The fourth-order valence-electron chi connectivity index (χ4n) is 7.51. The lowest BCUT2D eigenvalue weighted by molar-refractivity contribution is -0.103. The molecule has 2 saturated heterocycles. The van der Waals surface area contributed by atoms with Gasteiger partial charge < -0.3 is 19.8 Å². The first-order chi connectivity index (χ1) is 16.7. The highest BCUT2D eigenvalue weighted by molar-refractivity contribution is 9.10. The molecule has 1 spiro atoms. The van der Waals surface area contributed by atoms with Crippen molar-refractivity contribution in [2.45, 2.75) is 47.3 Å². The van der Waals surface area contributed by atoms with Crippen LogP contribution in [0.1, 0.15) is 19.3 Å².